The van der Waals surface area contributed by atoms with Gasteiger partial charge in [-0.3, -0.25) is 14.6 Å². The SMILES string of the molecule is O=C(CN1CCCN(Cc2ccccc2)CC1)Nc1cccc(Br)c1. The molecule has 25 heavy (non-hydrogen) atoms. The molecule has 1 heterocycles. The average Bonchev–Trinajstić information content (AvgIpc) is 2.81. The molecule has 0 unspecified atom stereocenters. The zero-order valence-corrected chi connectivity index (χ0v) is 15.9. The fraction of sp³-hybridized carbons (Fsp3) is 0.350. The van der Waals surface area contributed by atoms with Crippen molar-refractivity contribution in [1.82, 2.24) is 9.80 Å². The van der Waals surface area contributed by atoms with Crippen molar-refractivity contribution in [2.24, 2.45) is 0 Å². The van der Waals surface area contributed by atoms with Crippen LogP contribution in [0.25, 0.3) is 0 Å². The van der Waals surface area contributed by atoms with Gasteiger partial charge in [-0.25, -0.2) is 0 Å². The lowest BCUT2D eigenvalue weighted by molar-refractivity contribution is -0.117. The Balaban J connectivity index is 1.47. The van der Waals surface area contributed by atoms with Crippen molar-refractivity contribution in [3.63, 3.8) is 0 Å². The summed E-state index contributed by atoms with van der Waals surface area (Å²) in [4.78, 5) is 17.0. The van der Waals surface area contributed by atoms with Crippen LogP contribution >= 0.6 is 15.9 Å². The summed E-state index contributed by atoms with van der Waals surface area (Å²) in [5.41, 5.74) is 2.18. The maximum Gasteiger partial charge on any atom is 0.238 e. The highest BCUT2D eigenvalue weighted by atomic mass is 79.9. The summed E-state index contributed by atoms with van der Waals surface area (Å²) in [5.74, 6) is 0.0506. The minimum atomic E-state index is 0.0506. The van der Waals surface area contributed by atoms with Crippen LogP contribution in [0.15, 0.2) is 59.1 Å². The van der Waals surface area contributed by atoms with E-state index in [0.717, 1.165) is 49.3 Å². The van der Waals surface area contributed by atoms with E-state index in [1.54, 1.807) is 0 Å². The van der Waals surface area contributed by atoms with Gasteiger partial charge < -0.3 is 5.32 Å². The predicted molar refractivity (Wildman–Crippen MR) is 106 cm³/mol. The van der Waals surface area contributed by atoms with Crippen molar-refractivity contribution >= 4 is 27.5 Å². The van der Waals surface area contributed by atoms with E-state index in [0.29, 0.717) is 6.54 Å². The van der Waals surface area contributed by atoms with Crippen LogP contribution in [-0.4, -0.2) is 48.4 Å². The standard InChI is InChI=1S/C20H24BrN3O/c21-18-8-4-9-19(14-18)22-20(25)16-24-11-5-10-23(12-13-24)15-17-6-2-1-3-7-17/h1-4,6-9,14H,5,10-13,15-16H2,(H,22,25). The van der Waals surface area contributed by atoms with Crippen LogP contribution in [0.3, 0.4) is 0 Å². The number of hydrogen-bond donors (Lipinski definition) is 1. The Labute approximate surface area is 158 Å². The first-order valence-electron chi connectivity index (χ1n) is 8.73. The Hall–Kier alpha value is -1.69. The fourth-order valence-corrected chi connectivity index (χ4v) is 3.55. The number of amides is 1. The molecule has 0 saturated carbocycles. The highest BCUT2D eigenvalue weighted by molar-refractivity contribution is 9.10. The second-order valence-electron chi connectivity index (χ2n) is 6.45. The first kappa shape index (κ1) is 18.1. The van der Waals surface area contributed by atoms with Gasteiger partial charge in [-0.2, -0.15) is 0 Å². The lowest BCUT2D eigenvalue weighted by Crippen LogP contribution is -2.36. The van der Waals surface area contributed by atoms with E-state index in [4.69, 9.17) is 0 Å². The quantitative estimate of drug-likeness (QED) is 0.830. The molecule has 1 fully saturated rings. The molecule has 0 aliphatic carbocycles. The van der Waals surface area contributed by atoms with Crippen LogP contribution in [0, 0.1) is 0 Å². The molecule has 2 aromatic rings. The first-order chi connectivity index (χ1) is 12.2. The average molecular weight is 402 g/mol. The van der Waals surface area contributed by atoms with E-state index in [1.807, 2.05) is 24.3 Å². The molecule has 0 radical (unpaired) electrons. The van der Waals surface area contributed by atoms with Crippen LogP contribution in [0.1, 0.15) is 12.0 Å². The minimum Gasteiger partial charge on any atom is -0.325 e. The van der Waals surface area contributed by atoms with Crippen molar-refractivity contribution in [1.29, 1.82) is 0 Å². The highest BCUT2D eigenvalue weighted by Gasteiger charge is 2.17. The molecule has 0 bridgehead atoms. The molecule has 5 heteroatoms. The smallest absolute Gasteiger partial charge is 0.238 e. The Morgan fingerprint density at radius 1 is 0.960 bits per heavy atom. The molecule has 0 spiro atoms. The number of halogens is 1. The zero-order chi connectivity index (χ0) is 17.5. The monoisotopic (exact) mass is 401 g/mol. The third-order valence-electron chi connectivity index (χ3n) is 4.41. The number of nitrogens with zero attached hydrogens (tertiary/aromatic N) is 2. The molecule has 3 rings (SSSR count). The number of carbonyl (C=O) groups excluding carboxylic acids is 1. The van der Waals surface area contributed by atoms with Gasteiger partial charge in [0.2, 0.25) is 5.91 Å². The van der Waals surface area contributed by atoms with E-state index in [2.05, 4.69) is 61.4 Å². The molecule has 0 aromatic heterocycles. The van der Waals surface area contributed by atoms with E-state index in [9.17, 15) is 4.79 Å². The van der Waals surface area contributed by atoms with Crippen LogP contribution in [0.4, 0.5) is 5.69 Å². The molecule has 4 nitrogen and oxygen atoms in total. The van der Waals surface area contributed by atoms with Gasteiger partial charge in [0.1, 0.15) is 0 Å². The molecule has 1 saturated heterocycles. The van der Waals surface area contributed by atoms with Gasteiger partial charge in [0, 0.05) is 29.8 Å². The van der Waals surface area contributed by atoms with Gasteiger partial charge in [-0.15, -0.1) is 0 Å². The van der Waals surface area contributed by atoms with Crippen molar-refractivity contribution in [3.8, 4) is 0 Å². The lowest BCUT2D eigenvalue weighted by Gasteiger charge is -2.21. The summed E-state index contributed by atoms with van der Waals surface area (Å²) in [6.45, 7) is 5.41. The molecular formula is C20H24BrN3O. The third kappa shape index (κ3) is 5.96. The van der Waals surface area contributed by atoms with Gasteiger partial charge in [0.15, 0.2) is 0 Å². The van der Waals surface area contributed by atoms with Crippen LogP contribution in [-0.2, 0) is 11.3 Å². The maximum absolute atomic E-state index is 12.3. The van der Waals surface area contributed by atoms with Crippen LogP contribution < -0.4 is 5.32 Å². The molecular weight excluding hydrogens is 378 g/mol. The van der Waals surface area contributed by atoms with Crippen molar-refractivity contribution < 1.29 is 4.79 Å². The van der Waals surface area contributed by atoms with E-state index < -0.39 is 0 Å². The normalized spacial score (nSPS) is 16.4. The predicted octanol–water partition coefficient (Wildman–Crippen LogP) is 3.60. The largest absolute Gasteiger partial charge is 0.325 e. The Morgan fingerprint density at radius 3 is 2.52 bits per heavy atom. The summed E-state index contributed by atoms with van der Waals surface area (Å²) < 4.78 is 0.969. The summed E-state index contributed by atoms with van der Waals surface area (Å²) in [6, 6.07) is 18.3. The van der Waals surface area contributed by atoms with Crippen LogP contribution in [0.5, 0.6) is 0 Å². The Morgan fingerprint density at radius 2 is 1.72 bits per heavy atom. The summed E-state index contributed by atoms with van der Waals surface area (Å²) in [7, 11) is 0. The van der Waals surface area contributed by atoms with Gasteiger partial charge in [-0.05, 0) is 43.3 Å². The molecule has 0 atom stereocenters. The van der Waals surface area contributed by atoms with Gasteiger partial charge >= 0.3 is 0 Å². The van der Waals surface area contributed by atoms with Gasteiger partial charge in [0.25, 0.3) is 0 Å². The molecule has 2 aromatic carbocycles. The molecule has 1 aliphatic rings. The second kappa shape index (κ2) is 9.13. The number of nitrogens with one attached hydrogen (secondary N) is 1. The topological polar surface area (TPSA) is 35.6 Å². The number of benzene rings is 2. The Kier molecular flexibility index (Phi) is 6.62. The summed E-state index contributed by atoms with van der Waals surface area (Å²) >= 11 is 3.43. The Bertz CT molecular complexity index is 692. The molecule has 1 N–H and O–H groups in total. The van der Waals surface area contributed by atoms with Crippen molar-refractivity contribution in [3.05, 3.63) is 64.6 Å². The number of hydrogen-bond acceptors (Lipinski definition) is 3. The van der Waals surface area contributed by atoms with Gasteiger partial charge in [0.05, 0.1) is 6.54 Å². The van der Waals surface area contributed by atoms with E-state index >= 15 is 0 Å². The van der Waals surface area contributed by atoms with Crippen LogP contribution in [0.2, 0.25) is 0 Å². The second-order valence-corrected chi connectivity index (χ2v) is 7.37. The van der Waals surface area contributed by atoms with Crippen molar-refractivity contribution in [2.75, 3.05) is 38.0 Å². The minimum absolute atomic E-state index is 0.0506. The van der Waals surface area contributed by atoms with Crippen molar-refractivity contribution in [2.45, 2.75) is 13.0 Å². The maximum atomic E-state index is 12.3. The molecule has 1 amide bonds. The number of anilines is 1. The summed E-state index contributed by atoms with van der Waals surface area (Å²) in [5, 5.41) is 2.98. The summed E-state index contributed by atoms with van der Waals surface area (Å²) in [6.07, 6.45) is 1.09. The number of rotatable bonds is 5. The number of carbonyl (C=O) groups is 1. The lowest BCUT2D eigenvalue weighted by atomic mass is 10.2. The first-order valence-corrected chi connectivity index (χ1v) is 9.52. The van der Waals surface area contributed by atoms with E-state index in [-0.39, 0.29) is 5.91 Å². The fourth-order valence-electron chi connectivity index (χ4n) is 3.15. The molecule has 1 aliphatic heterocycles. The third-order valence-corrected chi connectivity index (χ3v) is 4.90. The highest BCUT2D eigenvalue weighted by Crippen LogP contribution is 2.15. The van der Waals surface area contributed by atoms with Gasteiger partial charge in [-0.1, -0.05) is 52.3 Å². The van der Waals surface area contributed by atoms with E-state index in [1.165, 1.54) is 5.56 Å². The zero-order valence-electron chi connectivity index (χ0n) is 14.3. The molecule has 132 valence electrons.